The smallest absolute Gasteiger partial charge is 0.243 e. The van der Waals surface area contributed by atoms with Gasteiger partial charge in [0.1, 0.15) is 5.82 Å². The number of para-hydroxylation sites is 1. The zero-order chi connectivity index (χ0) is 21.1. The van der Waals surface area contributed by atoms with Gasteiger partial charge in [-0.15, -0.1) is 0 Å². The number of nitrogens with one attached hydrogen (secondary N) is 1. The number of nitrogens with zero attached hydrogens (tertiary/aromatic N) is 4. The molecule has 0 spiro atoms. The van der Waals surface area contributed by atoms with Crippen LogP contribution in [0.15, 0.2) is 53.4 Å². The fourth-order valence-electron chi connectivity index (χ4n) is 3.40. The number of anilines is 2. The zero-order valence-corrected chi connectivity index (χ0v) is 17.8. The Morgan fingerprint density at radius 1 is 1.00 bits per heavy atom. The summed E-state index contributed by atoms with van der Waals surface area (Å²) in [5.41, 5.74) is 0.791. The number of aromatic nitrogens is 2. The number of benzene rings is 2. The number of fused-ring (bicyclic) bond motifs is 1. The Kier molecular flexibility index (Phi) is 6.05. The summed E-state index contributed by atoms with van der Waals surface area (Å²) in [5.74, 6) is 1.19. The van der Waals surface area contributed by atoms with Gasteiger partial charge in [-0.1, -0.05) is 23.7 Å². The van der Waals surface area contributed by atoms with Gasteiger partial charge in [0.25, 0.3) is 0 Å². The fourth-order valence-corrected chi connectivity index (χ4v) is 4.95. The van der Waals surface area contributed by atoms with Crippen LogP contribution in [0.2, 0.25) is 5.02 Å². The maximum Gasteiger partial charge on any atom is 0.243 e. The molecular weight excluding hydrogens is 426 g/mol. The van der Waals surface area contributed by atoms with Crippen molar-refractivity contribution in [2.24, 2.45) is 0 Å². The molecule has 1 aliphatic rings. The van der Waals surface area contributed by atoms with E-state index in [1.807, 2.05) is 29.2 Å². The molecule has 0 bridgehead atoms. The van der Waals surface area contributed by atoms with Crippen LogP contribution in [0.5, 0.6) is 0 Å². The van der Waals surface area contributed by atoms with Crippen LogP contribution in [-0.4, -0.2) is 67.1 Å². The number of halogens is 1. The molecule has 4 rings (SSSR count). The summed E-state index contributed by atoms with van der Waals surface area (Å²) >= 11 is 5.87. The minimum atomic E-state index is -3.57. The lowest BCUT2D eigenvalue weighted by molar-refractivity contribution is 0.311. The van der Waals surface area contributed by atoms with E-state index in [4.69, 9.17) is 16.7 Å². The van der Waals surface area contributed by atoms with Gasteiger partial charge in [-0.25, -0.2) is 13.4 Å². The number of rotatable bonds is 6. The summed E-state index contributed by atoms with van der Waals surface area (Å²) in [5, 5.41) is 13.6. The Labute approximate surface area is 180 Å². The van der Waals surface area contributed by atoms with E-state index in [-0.39, 0.29) is 11.5 Å². The molecule has 1 aliphatic heterocycles. The van der Waals surface area contributed by atoms with Gasteiger partial charge in [0.15, 0.2) is 0 Å². The van der Waals surface area contributed by atoms with Crippen LogP contribution < -0.4 is 10.2 Å². The van der Waals surface area contributed by atoms with Crippen LogP contribution >= 0.6 is 11.6 Å². The van der Waals surface area contributed by atoms with Crippen LogP contribution in [0.1, 0.15) is 0 Å². The Bertz CT molecular complexity index is 1130. The summed E-state index contributed by atoms with van der Waals surface area (Å²) in [6.45, 7) is 2.00. The van der Waals surface area contributed by atoms with Crippen molar-refractivity contribution in [2.45, 2.75) is 4.90 Å². The van der Waals surface area contributed by atoms with Crippen molar-refractivity contribution in [3.8, 4) is 0 Å². The highest BCUT2D eigenvalue weighted by molar-refractivity contribution is 7.89. The first kappa shape index (κ1) is 20.8. The van der Waals surface area contributed by atoms with Gasteiger partial charge in [0, 0.05) is 43.1 Å². The molecule has 0 unspecified atom stereocenters. The SMILES string of the molecule is O=S(=O)(c1ccc(Cl)cc1)N1CCN(c2nc(NCCO)c3ccccc3n2)CC1. The molecule has 1 saturated heterocycles. The Morgan fingerprint density at radius 3 is 2.40 bits per heavy atom. The number of hydrogen-bond acceptors (Lipinski definition) is 7. The predicted molar refractivity (Wildman–Crippen MR) is 118 cm³/mol. The molecule has 30 heavy (non-hydrogen) atoms. The predicted octanol–water partition coefficient (Wildman–Crippen LogP) is 2.20. The van der Waals surface area contributed by atoms with Gasteiger partial charge >= 0.3 is 0 Å². The van der Waals surface area contributed by atoms with E-state index in [2.05, 4.69) is 15.3 Å². The topological polar surface area (TPSA) is 98.7 Å². The lowest BCUT2D eigenvalue weighted by Gasteiger charge is -2.34. The molecule has 3 aromatic rings. The maximum absolute atomic E-state index is 12.9. The van der Waals surface area contributed by atoms with Gasteiger partial charge in [-0.2, -0.15) is 9.29 Å². The monoisotopic (exact) mass is 447 g/mol. The van der Waals surface area contributed by atoms with Crippen LogP contribution in [0.3, 0.4) is 0 Å². The third-order valence-corrected chi connectivity index (χ3v) is 7.13. The minimum absolute atomic E-state index is 0.00506. The van der Waals surface area contributed by atoms with Crippen LogP contribution in [0.25, 0.3) is 10.9 Å². The van der Waals surface area contributed by atoms with E-state index in [9.17, 15) is 8.42 Å². The highest BCUT2D eigenvalue weighted by Gasteiger charge is 2.29. The second-order valence-electron chi connectivity index (χ2n) is 6.88. The quantitative estimate of drug-likeness (QED) is 0.597. The van der Waals surface area contributed by atoms with Crippen LogP contribution in [0, 0.1) is 0 Å². The highest BCUT2D eigenvalue weighted by Crippen LogP contribution is 2.25. The van der Waals surface area contributed by atoms with Gasteiger partial charge in [-0.3, -0.25) is 0 Å². The zero-order valence-electron chi connectivity index (χ0n) is 16.2. The van der Waals surface area contributed by atoms with Crippen LogP contribution in [0.4, 0.5) is 11.8 Å². The number of aliphatic hydroxyl groups is 1. The minimum Gasteiger partial charge on any atom is -0.395 e. The number of sulfonamides is 1. The molecular formula is C20H22ClN5O3S. The Morgan fingerprint density at radius 2 is 1.70 bits per heavy atom. The third kappa shape index (κ3) is 4.20. The van der Waals surface area contributed by atoms with Gasteiger partial charge < -0.3 is 15.3 Å². The van der Waals surface area contributed by atoms with Gasteiger partial charge in [-0.05, 0) is 36.4 Å². The average molecular weight is 448 g/mol. The molecule has 2 heterocycles. The summed E-state index contributed by atoms with van der Waals surface area (Å²) in [6, 6.07) is 13.9. The number of hydrogen-bond donors (Lipinski definition) is 2. The largest absolute Gasteiger partial charge is 0.395 e. The van der Waals surface area contributed by atoms with E-state index in [1.54, 1.807) is 12.1 Å². The van der Waals surface area contributed by atoms with Crippen molar-refractivity contribution in [3.63, 3.8) is 0 Å². The average Bonchev–Trinajstić information content (AvgIpc) is 2.77. The summed E-state index contributed by atoms with van der Waals surface area (Å²) in [6.07, 6.45) is 0. The molecule has 1 aromatic heterocycles. The third-order valence-electron chi connectivity index (χ3n) is 4.97. The second kappa shape index (κ2) is 8.73. The summed E-state index contributed by atoms with van der Waals surface area (Å²) < 4.78 is 27.2. The molecule has 1 fully saturated rings. The first-order valence-electron chi connectivity index (χ1n) is 9.61. The lowest BCUT2D eigenvalue weighted by Crippen LogP contribution is -2.49. The highest BCUT2D eigenvalue weighted by atomic mass is 35.5. The molecule has 0 saturated carbocycles. The molecule has 0 aliphatic carbocycles. The first-order valence-corrected chi connectivity index (χ1v) is 11.4. The van der Waals surface area contributed by atoms with Crippen molar-refractivity contribution in [1.29, 1.82) is 0 Å². The summed E-state index contributed by atoms with van der Waals surface area (Å²) in [4.78, 5) is 11.5. The fraction of sp³-hybridized carbons (Fsp3) is 0.300. The normalized spacial score (nSPS) is 15.5. The Balaban J connectivity index is 1.54. The van der Waals surface area contributed by atoms with Crippen molar-refractivity contribution in [1.82, 2.24) is 14.3 Å². The van der Waals surface area contributed by atoms with E-state index >= 15 is 0 Å². The van der Waals surface area contributed by atoms with Crippen molar-refractivity contribution in [3.05, 3.63) is 53.6 Å². The van der Waals surface area contributed by atoms with Gasteiger partial charge in [0.2, 0.25) is 16.0 Å². The van der Waals surface area contributed by atoms with Crippen molar-refractivity contribution in [2.75, 3.05) is 49.5 Å². The second-order valence-corrected chi connectivity index (χ2v) is 9.26. The van der Waals surface area contributed by atoms with E-state index in [0.717, 1.165) is 10.9 Å². The molecule has 2 aromatic carbocycles. The first-order chi connectivity index (χ1) is 14.5. The molecule has 10 heteroatoms. The lowest BCUT2D eigenvalue weighted by atomic mass is 10.2. The molecule has 2 N–H and O–H groups in total. The maximum atomic E-state index is 12.9. The van der Waals surface area contributed by atoms with E-state index in [1.165, 1.54) is 16.4 Å². The standard InChI is InChI=1S/C20H22ClN5O3S/c21-15-5-7-16(8-6-15)30(28,29)26-12-10-25(11-13-26)20-23-18-4-2-1-3-17(18)19(24-20)22-9-14-27/h1-8,27H,9-14H2,(H,22,23,24). The van der Waals surface area contributed by atoms with Gasteiger partial charge in [0.05, 0.1) is 17.0 Å². The summed E-state index contributed by atoms with van der Waals surface area (Å²) in [7, 11) is -3.57. The molecule has 0 radical (unpaired) electrons. The van der Waals surface area contributed by atoms with E-state index < -0.39 is 10.0 Å². The Hall–Kier alpha value is -2.46. The van der Waals surface area contributed by atoms with Crippen molar-refractivity contribution >= 4 is 44.3 Å². The molecule has 0 atom stereocenters. The van der Waals surface area contributed by atoms with E-state index in [0.29, 0.717) is 49.5 Å². The number of piperazine rings is 1. The van der Waals surface area contributed by atoms with Crippen molar-refractivity contribution < 1.29 is 13.5 Å². The molecule has 0 amide bonds. The van der Waals surface area contributed by atoms with Crippen LogP contribution in [-0.2, 0) is 10.0 Å². The molecule has 8 nitrogen and oxygen atoms in total. The molecule has 158 valence electrons. The number of aliphatic hydroxyl groups excluding tert-OH is 1.